The minimum absolute atomic E-state index is 0.120. The van der Waals surface area contributed by atoms with Crippen LogP contribution in [-0.2, 0) is 17.4 Å². The molecule has 2 saturated heterocycles. The average Bonchev–Trinajstić information content (AvgIpc) is 2.89. The quantitative estimate of drug-likeness (QED) is 0.532. The van der Waals surface area contributed by atoms with Gasteiger partial charge in [-0.15, -0.1) is 0 Å². The number of carbonyl (C=O) groups excluding carboxylic acids is 1. The van der Waals surface area contributed by atoms with Gasteiger partial charge < -0.3 is 20.9 Å². The summed E-state index contributed by atoms with van der Waals surface area (Å²) in [7, 11) is 0. The maximum Gasteiger partial charge on any atom is 0.451 e. The van der Waals surface area contributed by atoms with Gasteiger partial charge in [0.2, 0.25) is 11.7 Å². The second-order valence-electron chi connectivity index (χ2n) is 9.26. The van der Waals surface area contributed by atoms with Crippen LogP contribution >= 0.6 is 0 Å². The van der Waals surface area contributed by atoms with Crippen molar-refractivity contribution < 1.29 is 18.0 Å². The van der Waals surface area contributed by atoms with E-state index in [4.69, 9.17) is 11.0 Å². The van der Waals surface area contributed by atoms with Gasteiger partial charge in [0, 0.05) is 32.2 Å². The number of hydrogen-bond donors (Lipinski definition) is 2. The van der Waals surface area contributed by atoms with Crippen molar-refractivity contribution in [2.45, 2.75) is 58.2 Å². The number of benzene rings is 1. The van der Waals surface area contributed by atoms with Gasteiger partial charge in [-0.25, -0.2) is 9.97 Å². The van der Waals surface area contributed by atoms with Crippen molar-refractivity contribution in [3.05, 3.63) is 47.3 Å². The summed E-state index contributed by atoms with van der Waals surface area (Å²) in [5.41, 5.74) is 7.19. The monoisotopic (exact) mass is 531 g/mol. The van der Waals surface area contributed by atoms with E-state index in [2.05, 4.69) is 21.4 Å². The van der Waals surface area contributed by atoms with Crippen LogP contribution in [0.3, 0.4) is 0 Å². The number of halogens is 3. The van der Waals surface area contributed by atoms with Gasteiger partial charge in [-0.1, -0.05) is 26.0 Å². The smallest absolute Gasteiger partial charge is 0.356 e. The van der Waals surface area contributed by atoms with Crippen molar-refractivity contribution in [3.8, 4) is 6.07 Å². The van der Waals surface area contributed by atoms with Gasteiger partial charge in [0.25, 0.3) is 0 Å². The largest absolute Gasteiger partial charge is 0.451 e. The second kappa shape index (κ2) is 13.4. The first-order chi connectivity index (χ1) is 18.3. The van der Waals surface area contributed by atoms with E-state index < -0.39 is 18.0 Å². The van der Waals surface area contributed by atoms with Gasteiger partial charge in [-0.2, -0.15) is 18.4 Å². The number of rotatable bonds is 8. The van der Waals surface area contributed by atoms with E-state index in [1.165, 1.54) is 0 Å². The number of nitrogens with one attached hydrogen (secondary N) is 1. The lowest BCUT2D eigenvalue weighted by Gasteiger charge is -2.41. The summed E-state index contributed by atoms with van der Waals surface area (Å²) < 4.78 is 40.9. The molecule has 0 bridgehead atoms. The minimum atomic E-state index is -4.69. The molecule has 8 nitrogen and oxygen atoms in total. The summed E-state index contributed by atoms with van der Waals surface area (Å²) in [6.45, 7) is 6.65. The standard InChI is InChI=1S/C25H30F3N7O.C2H6/c26-25(27,28)24-32-21(34-12-7-18(5-10-29)8-13-34)15-22(33-24)35-14-9-20(35)23(36)31-11-6-17-1-3-19(16-30)4-2-17;1-2/h1-4,15,18,20H,5-14,29H2,(H,31,36);1-2H3/t20-;/m0./s1. The fourth-order valence-electron chi connectivity index (χ4n) is 4.67. The Labute approximate surface area is 222 Å². The first-order valence-corrected chi connectivity index (χ1v) is 13.2. The predicted molar refractivity (Wildman–Crippen MR) is 141 cm³/mol. The summed E-state index contributed by atoms with van der Waals surface area (Å²) in [5, 5.41) is 11.8. The van der Waals surface area contributed by atoms with Crippen molar-refractivity contribution in [1.82, 2.24) is 15.3 Å². The number of hydrogen-bond acceptors (Lipinski definition) is 7. The maximum atomic E-state index is 13.6. The molecule has 3 heterocycles. The molecule has 2 aromatic rings. The van der Waals surface area contributed by atoms with Crippen LogP contribution in [0.15, 0.2) is 30.3 Å². The van der Waals surface area contributed by atoms with Crippen molar-refractivity contribution in [3.63, 3.8) is 0 Å². The van der Waals surface area contributed by atoms with E-state index in [0.717, 1.165) is 24.8 Å². The molecule has 38 heavy (non-hydrogen) atoms. The number of alkyl halides is 3. The Morgan fingerprint density at radius 1 is 1.11 bits per heavy atom. The molecule has 1 aromatic heterocycles. The van der Waals surface area contributed by atoms with Crippen molar-refractivity contribution in [2.75, 3.05) is 42.5 Å². The fraction of sp³-hybridized carbons (Fsp3) is 0.556. The Balaban J connectivity index is 0.00000195. The minimum Gasteiger partial charge on any atom is -0.356 e. The molecule has 1 aromatic carbocycles. The lowest BCUT2D eigenvalue weighted by Crippen LogP contribution is -2.57. The predicted octanol–water partition coefficient (Wildman–Crippen LogP) is 3.90. The van der Waals surface area contributed by atoms with Crippen LogP contribution in [0.5, 0.6) is 0 Å². The van der Waals surface area contributed by atoms with Crippen LogP contribution in [0.25, 0.3) is 0 Å². The van der Waals surface area contributed by atoms with E-state index in [1.807, 2.05) is 30.9 Å². The molecule has 0 radical (unpaired) electrons. The van der Waals surface area contributed by atoms with Gasteiger partial charge in [-0.3, -0.25) is 4.79 Å². The van der Waals surface area contributed by atoms with Crippen LogP contribution in [0.2, 0.25) is 0 Å². The lowest BCUT2D eigenvalue weighted by atomic mass is 9.93. The molecule has 4 rings (SSSR count). The summed E-state index contributed by atoms with van der Waals surface area (Å²) >= 11 is 0. The number of anilines is 2. The van der Waals surface area contributed by atoms with Crippen LogP contribution in [0.1, 0.15) is 56.5 Å². The fourth-order valence-corrected chi connectivity index (χ4v) is 4.67. The van der Waals surface area contributed by atoms with Crippen LogP contribution < -0.4 is 20.9 Å². The van der Waals surface area contributed by atoms with Crippen LogP contribution in [0.4, 0.5) is 24.8 Å². The summed E-state index contributed by atoms with van der Waals surface area (Å²) in [5.74, 6) is -0.597. The first-order valence-electron chi connectivity index (χ1n) is 13.2. The average molecular weight is 532 g/mol. The van der Waals surface area contributed by atoms with Crippen LogP contribution in [0, 0.1) is 17.2 Å². The Morgan fingerprint density at radius 3 is 2.32 bits per heavy atom. The zero-order chi connectivity index (χ0) is 27.7. The molecular formula is C27H36F3N7O. The maximum absolute atomic E-state index is 13.6. The van der Waals surface area contributed by atoms with Gasteiger partial charge in [0.1, 0.15) is 17.7 Å². The van der Waals surface area contributed by atoms with E-state index in [9.17, 15) is 18.0 Å². The SMILES string of the molecule is CC.N#Cc1ccc(CCNC(=O)[C@@H]2CCN2c2cc(N3CCC(CCN)CC3)nc(C(F)(F)F)n2)cc1. The van der Waals surface area contributed by atoms with Crippen LogP contribution in [-0.4, -0.2) is 54.6 Å². The Hall–Kier alpha value is -3.39. The lowest BCUT2D eigenvalue weighted by molar-refractivity contribution is -0.144. The molecule has 0 aliphatic carbocycles. The molecule has 2 aliphatic heterocycles. The van der Waals surface area contributed by atoms with Gasteiger partial charge in [0.15, 0.2) is 0 Å². The molecule has 3 N–H and O–H groups in total. The number of nitrogens with zero attached hydrogens (tertiary/aromatic N) is 5. The molecule has 206 valence electrons. The van der Waals surface area contributed by atoms with Crippen molar-refractivity contribution >= 4 is 17.5 Å². The van der Waals surface area contributed by atoms with E-state index in [1.54, 1.807) is 23.1 Å². The molecule has 1 atom stereocenters. The normalized spacial score (nSPS) is 17.7. The number of amides is 1. The molecule has 1 amide bonds. The van der Waals surface area contributed by atoms with Gasteiger partial charge in [0.05, 0.1) is 11.6 Å². The molecule has 2 aliphatic rings. The Morgan fingerprint density at radius 2 is 1.76 bits per heavy atom. The first kappa shape index (κ1) is 29.2. The molecule has 0 spiro atoms. The molecule has 0 unspecified atom stereocenters. The number of piperidine rings is 1. The number of nitrogens with two attached hydrogens (primary N) is 1. The number of nitriles is 1. The summed E-state index contributed by atoms with van der Waals surface area (Å²) in [4.78, 5) is 23.9. The number of aromatic nitrogens is 2. The van der Waals surface area contributed by atoms with Crippen molar-refractivity contribution in [2.24, 2.45) is 11.7 Å². The zero-order valence-corrected chi connectivity index (χ0v) is 22.0. The van der Waals surface area contributed by atoms with Crippen molar-refractivity contribution in [1.29, 1.82) is 5.26 Å². The summed E-state index contributed by atoms with van der Waals surface area (Å²) in [6.07, 6.45) is -0.954. The molecule has 2 fully saturated rings. The highest BCUT2D eigenvalue weighted by Crippen LogP contribution is 2.34. The van der Waals surface area contributed by atoms with E-state index in [0.29, 0.717) is 57.0 Å². The summed E-state index contributed by atoms with van der Waals surface area (Å²) in [6, 6.07) is 10.2. The molecule has 0 saturated carbocycles. The zero-order valence-electron chi connectivity index (χ0n) is 22.0. The highest BCUT2D eigenvalue weighted by atomic mass is 19.4. The molecule has 11 heteroatoms. The third-order valence-electron chi connectivity index (χ3n) is 6.88. The van der Waals surface area contributed by atoms with Gasteiger partial charge in [-0.05, 0) is 62.3 Å². The van der Waals surface area contributed by atoms with Gasteiger partial charge >= 0.3 is 6.18 Å². The number of carbonyl (C=O) groups is 1. The van der Waals surface area contributed by atoms with E-state index in [-0.39, 0.29) is 17.5 Å². The Kier molecular flexibility index (Phi) is 10.3. The topological polar surface area (TPSA) is 111 Å². The second-order valence-corrected chi connectivity index (χ2v) is 9.26. The Bertz CT molecular complexity index is 1090. The highest BCUT2D eigenvalue weighted by molar-refractivity contribution is 5.86. The highest BCUT2D eigenvalue weighted by Gasteiger charge is 2.40. The third kappa shape index (κ3) is 7.34. The third-order valence-corrected chi connectivity index (χ3v) is 6.88. The van der Waals surface area contributed by atoms with E-state index >= 15 is 0 Å². The molecular weight excluding hydrogens is 495 g/mol.